The maximum absolute atomic E-state index is 12.5. The van der Waals surface area contributed by atoms with Gasteiger partial charge in [-0.1, -0.05) is 24.3 Å². The van der Waals surface area contributed by atoms with Crippen LogP contribution in [0.5, 0.6) is 0 Å². The second-order valence-electron chi connectivity index (χ2n) is 6.55. The van der Waals surface area contributed by atoms with Crippen molar-refractivity contribution in [2.75, 3.05) is 5.32 Å². The van der Waals surface area contributed by atoms with E-state index in [1.807, 2.05) is 48.9 Å². The molecule has 29 heavy (non-hydrogen) atoms. The molecule has 4 aromatic rings. The van der Waals surface area contributed by atoms with E-state index in [1.165, 1.54) is 6.20 Å². The molecule has 0 saturated carbocycles. The molecule has 3 aromatic heterocycles. The number of benzene rings is 1. The van der Waals surface area contributed by atoms with Gasteiger partial charge in [0.05, 0.1) is 16.3 Å². The molecule has 0 radical (unpaired) electrons. The lowest BCUT2D eigenvalue weighted by Gasteiger charge is -2.09. The van der Waals surface area contributed by atoms with Crippen molar-refractivity contribution in [1.29, 1.82) is 0 Å². The molecule has 1 aromatic carbocycles. The summed E-state index contributed by atoms with van der Waals surface area (Å²) in [4.78, 5) is 27.6. The van der Waals surface area contributed by atoms with Crippen LogP contribution in [0.1, 0.15) is 17.0 Å². The Kier molecular flexibility index (Phi) is 4.55. The summed E-state index contributed by atoms with van der Waals surface area (Å²) in [7, 11) is 0. The van der Waals surface area contributed by atoms with E-state index in [0.717, 1.165) is 27.0 Å². The maximum Gasteiger partial charge on any atom is 0.376 e. The maximum atomic E-state index is 12.5. The van der Waals surface area contributed by atoms with Crippen LogP contribution in [0.3, 0.4) is 0 Å². The predicted octanol–water partition coefficient (Wildman–Crippen LogP) is 3.02. The first kappa shape index (κ1) is 18.4. The third kappa shape index (κ3) is 3.22. The number of anilines is 1. The molecule has 9 heteroatoms. The van der Waals surface area contributed by atoms with E-state index in [-0.39, 0.29) is 12.4 Å². The highest BCUT2D eigenvalue weighted by Crippen LogP contribution is 2.22. The second kappa shape index (κ2) is 7.19. The Hall–Kier alpha value is -4.01. The van der Waals surface area contributed by atoms with Gasteiger partial charge in [0.25, 0.3) is 0 Å². The number of pyridine rings is 1. The first-order valence-corrected chi connectivity index (χ1v) is 8.97. The van der Waals surface area contributed by atoms with Gasteiger partial charge in [0, 0.05) is 24.0 Å². The van der Waals surface area contributed by atoms with E-state index < -0.39 is 16.2 Å². The lowest BCUT2D eigenvalue weighted by Crippen LogP contribution is -2.21. The molecule has 3 heterocycles. The van der Waals surface area contributed by atoms with E-state index in [0.29, 0.717) is 5.65 Å². The molecule has 0 fully saturated rings. The molecular formula is C20H18N6O3. The van der Waals surface area contributed by atoms with Crippen LogP contribution in [-0.2, 0) is 6.54 Å². The molecule has 0 unspecified atom stereocenters. The van der Waals surface area contributed by atoms with Crippen molar-refractivity contribution in [3.05, 3.63) is 92.1 Å². The summed E-state index contributed by atoms with van der Waals surface area (Å²) in [5.74, 6) is -0.0579. The highest BCUT2D eigenvalue weighted by molar-refractivity contribution is 5.60. The molecule has 1 N–H and O–H groups in total. The minimum absolute atomic E-state index is 0.0579. The zero-order valence-corrected chi connectivity index (χ0v) is 15.9. The Labute approximate surface area is 165 Å². The van der Waals surface area contributed by atoms with Crippen molar-refractivity contribution in [1.82, 2.24) is 19.2 Å². The number of nitrogens with zero attached hydrogens (tertiary/aromatic N) is 5. The van der Waals surface area contributed by atoms with Crippen molar-refractivity contribution in [2.24, 2.45) is 0 Å². The molecular weight excluding hydrogens is 372 g/mol. The third-order valence-electron chi connectivity index (χ3n) is 4.77. The van der Waals surface area contributed by atoms with Crippen molar-refractivity contribution in [3.63, 3.8) is 0 Å². The number of para-hydroxylation sites is 1. The molecule has 0 saturated heterocycles. The lowest BCUT2D eigenvalue weighted by atomic mass is 10.2. The number of hydrogen-bond acceptors (Lipinski definition) is 6. The van der Waals surface area contributed by atoms with Crippen LogP contribution in [0, 0.1) is 24.0 Å². The van der Waals surface area contributed by atoms with Gasteiger partial charge in [-0.25, -0.2) is 9.67 Å². The van der Waals surface area contributed by atoms with Gasteiger partial charge in [-0.05, 0) is 38.1 Å². The number of fused-ring (bicyclic) bond motifs is 1. The Morgan fingerprint density at radius 3 is 2.55 bits per heavy atom. The number of aryl methyl sites for hydroxylation is 1. The van der Waals surface area contributed by atoms with Crippen LogP contribution in [0.2, 0.25) is 0 Å². The summed E-state index contributed by atoms with van der Waals surface area (Å²) < 4.78 is 2.98. The molecule has 0 spiro atoms. The molecule has 0 aliphatic carbocycles. The van der Waals surface area contributed by atoms with Gasteiger partial charge in [0.2, 0.25) is 5.82 Å². The summed E-state index contributed by atoms with van der Waals surface area (Å²) in [6.45, 7) is 4.06. The summed E-state index contributed by atoms with van der Waals surface area (Å²) in [6, 6.07) is 14.7. The molecule has 0 aliphatic heterocycles. The van der Waals surface area contributed by atoms with Gasteiger partial charge >= 0.3 is 11.2 Å². The lowest BCUT2D eigenvalue weighted by molar-refractivity contribution is -0.385. The van der Waals surface area contributed by atoms with Crippen molar-refractivity contribution < 1.29 is 4.92 Å². The van der Waals surface area contributed by atoms with Crippen molar-refractivity contribution in [2.45, 2.75) is 20.4 Å². The first-order valence-electron chi connectivity index (χ1n) is 8.97. The normalized spacial score (nSPS) is 11.0. The van der Waals surface area contributed by atoms with Gasteiger partial charge in [-0.15, -0.1) is 0 Å². The average molecular weight is 390 g/mol. The fourth-order valence-corrected chi connectivity index (χ4v) is 3.29. The van der Waals surface area contributed by atoms with Crippen LogP contribution in [0.4, 0.5) is 11.5 Å². The van der Waals surface area contributed by atoms with E-state index >= 15 is 0 Å². The highest BCUT2D eigenvalue weighted by atomic mass is 16.6. The zero-order chi connectivity index (χ0) is 20.5. The second-order valence-corrected chi connectivity index (χ2v) is 6.55. The van der Waals surface area contributed by atoms with E-state index in [1.54, 1.807) is 18.2 Å². The van der Waals surface area contributed by atoms with Crippen molar-refractivity contribution >= 4 is 17.2 Å². The monoisotopic (exact) mass is 390 g/mol. The Morgan fingerprint density at radius 1 is 1.10 bits per heavy atom. The fraction of sp³-hybridized carbons (Fsp3) is 0.150. The predicted molar refractivity (Wildman–Crippen MR) is 108 cm³/mol. The molecule has 146 valence electrons. The zero-order valence-electron chi connectivity index (χ0n) is 15.9. The number of hydrogen-bond donors (Lipinski definition) is 1. The van der Waals surface area contributed by atoms with Crippen molar-refractivity contribution in [3.8, 4) is 5.69 Å². The third-order valence-corrected chi connectivity index (χ3v) is 4.77. The topological polar surface area (TPSA) is 107 Å². The summed E-state index contributed by atoms with van der Waals surface area (Å²) >= 11 is 0. The van der Waals surface area contributed by atoms with Crippen LogP contribution in [0.25, 0.3) is 11.3 Å². The molecule has 0 bridgehead atoms. The number of rotatable bonds is 5. The van der Waals surface area contributed by atoms with Crippen LogP contribution >= 0.6 is 0 Å². The Balaban J connectivity index is 1.72. The van der Waals surface area contributed by atoms with Crippen LogP contribution in [0.15, 0.2) is 59.5 Å². The minimum atomic E-state index is -0.725. The Bertz CT molecular complexity index is 1280. The molecule has 4 rings (SSSR count). The largest absolute Gasteiger partial charge is 0.376 e. The van der Waals surface area contributed by atoms with Gasteiger partial charge in [0.1, 0.15) is 5.65 Å². The van der Waals surface area contributed by atoms with Crippen LogP contribution in [-0.4, -0.2) is 24.1 Å². The molecule has 0 atom stereocenters. The van der Waals surface area contributed by atoms with E-state index in [9.17, 15) is 14.9 Å². The number of nitrogens with one attached hydrogen (secondary N) is 1. The molecule has 9 nitrogen and oxygen atoms in total. The minimum Gasteiger partial charge on any atom is -0.360 e. The van der Waals surface area contributed by atoms with E-state index in [2.05, 4.69) is 15.4 Å². The fourth-order valence-electron chi connectivity index (χ4n) is 3.29. The molecule has 0 aliphatic rings. The SMILES string of the molecule is Cc1nn(-c2ccccc2)c(C)c1CNc1nc2ccccn2c(=O)c1[N+](=O)[O-]. The average Bonchev–Trinajstić information content (AvgIpc) is 3.00. The summed E-state index contributed by atoms with van der Waals surface area (Å²) in [6.07, 6.45) is 1.46. The van der Waals surface area contributed by atoms with E-state index in [4.69, 9.17) is 0 Å². The van der Waals surface area contributed by atoms with Gasteiger partial charge in [0.15, 0.2) is 0 Å². The van der Waals surface area contributed by atoms with Gasteiger partial charge < -0.3 is 5.32 Å². The number of nitro groups is 1. The van der Waals surface area contributed by atoms with Gasteiger partial charge in [-0.2, -0.15) is 5.10 Å². The smallest absolute Gasteiger partial charge is 0.360 e. The quantitative estimate of drug-likeness (QED) is 0.415. The standard InChI is InChI=1S/C20H18N6O3/c1-13-16(14(2)25(23-13)15-8-4-3-5-9-15)12-21-19-18(26(28)29)20(27)24-11-7-6-10-17(24)22-19/h3-11,21H,12H2,1-2H3. The first-order chi connectivity index (χ1) is 14.0. The van der Waals surface area contributed by atoms with Gasteiger partial charge in [-0.3, -0.25) is 19.3 Å². The Morgan fingerprint density at radius 2 is 1.83 bits per heavy atom. The van der Waals surface area contributed by atoms with Crippen LogP contribution < -0.4 is 10.9 Å². The molecule has 0 amide bonds. The highest BCUT2D eigenvalue weighted by Gasteiger charge is 2.24. The number of aromatic nitrogens is 4. The summed E-state index contributed by atoms with van der Waals surface area (Å²) in [5, 5.41) is 19.1. The summed E-state index contributed by atoms with van der Waals surface area (Å²) in [5.41, 5.74) is 2.53.